The van der Waals surface area contributed by atoms with Gasteiger partial charge in [0.25, 0.3) is 5.91 Å². The lowest BCUT2D eigenvalue weighted by Gasteiger charge is -2.43. The third-order valence-corrected chi connectivity index (χ3v) is 6.95. The van der Waals surface area contributed by atoms with E-state index < -0.39 is 0 Å². The lowest BCUT2D eigenvalue weighted by molar-refractivity contribution is 0.0517. The highest BCUT2D eigenvalue weighted by Gasteiger charge is 2.44. The Morgan fingerprint density at radius 3 is 2.71 bits per heavy atom. The van der Waals surface area contributed by atoms with Crippen LogP contribution < -0.4 is 0 Å². The molecule has 0 N–H and O–H groups in total. The second-order valence-corrected chi connectivity index (χ2v) is 9.28. The second kappa shape index (κ2) is 7.16. The molecule has 2 aromatic rings. The molecule has 3 aliphatic rings. The van der Waals surface area contributed by atoms with Gasteiger partial charge >= 0.3 is 0 Å². The van der Waals surface area contributed by atoms with Crippen molar-refractivity contribution in [1.29, 1.82) is 5.26 Å². The average Bonchev–Trinajstić information content (AvgIpc) is 3.37. The van der Waals surface area contributed by atoms with Gasteiger partial charge in [-0.05, 0) is 61.8 Å². The van der Waals surface area contributed by atoms with E-state index in [1.807, 2.05) is 43.2 Å². The van der Waals surface area contributed by atoms with Crippen LogP contribution in [0.5, 0.6) is 0 Å². The summed E-state index contributed by atoms with van der Waals surface area (Å²) in [4.78, 5) is 32.3. The smallest absolute Gasteiger partial charge is 0.253 e. The lowest BCUT2D eigenvalue weighted by Crippen LogP contribution is -2.46. The number of nitrogens with zero attached hydrogens (tertiary/aromatic N) is 5. The maximum Gasteiger partial charge on any atom is 0.253 e. The van der Waals surface area contributed by atoms with Gasteiger partial charge in [-0.25, -0.2) is 0 Å². The molecule has 1 aliphatic carbocycles. The van der Waals surface area contributed by atoms with E-state index in [4.69, 9.17) is 0 Å². The van der Waals surface area contributed by atoms with Crippen molar-refractivity contribution in [3.8, 4) is 6.07 Å². The van der Waals surface area contributed by atoms with E-state index in [9.17, 15) is 14.9 Å². The summed E-state index contributed by atoms with van der Waals surface area (Å²) in [5.41, 5.74) is 4.45. The van der Waals surface area contributed by atoms with E-state index in [0.717, 1.165) is 29.5 Å². The van der Waals surface area contributed by atoms with Crippen LogP contribution >= 0.6 is 0 Å². The summed E-state index contributed by atoms with van der Waals surface area (Å²) >= 11 is 0. The number of likely N-dealkylation sites (tertiary alicyclic amines) is 1. The van der Waals surface area contributed by atoms with E-state index in [2.05, 4.69) is 16.2 Å². The number of carbonyl (C=O) groups is 2. The summed E-state index contributed by atoms with van der Waals surface area (Å²) in [5, 5.41) is 14.0. The molecule has 0 saturated carbocycles. The van der Waals surface area contributed by atoms with Crippen molar-refractivity contribution in [2.45, 2.75) is 52.1 Å². The van der Waals surface area contributed by atoms with Crippen molar-refractivity contribution < 1.29 is 9.59 Å². The molecule has 1 aromatic heterocycles. The zero-order chi connectivity index (χ0) is 21.8. The lowest BCUT2D eigenvalue weighted by atomic mass is 9.66. The Morgan fingerprint density at radius 2 is 2.00 bits per heavy atom. The molecule has 7 nitrogen and oxygen atoms in total. The molecular weight excluding hydrogens is 390 g/mol. The number of fused-ring (bicyclic) bond motifs is 2. The van der Waals surface area contributed by atoms with Gasteiger partial charge < -0.3 is 4.90 Å². The predicted molar refractivity (Wildman–Crippen MR) is 115 cm³/mol. The molecule has 5 rings (SSSR count). The van der Waals surface area contributed by atoms with Crippen molar-refractivity contribution in [3.63, 3.8) is 0 Å². The topological polar surface area (TPSA) is 91.4 Å². The minimum atomic E-state index is -0.193. The number of nitriles is 1. The minimum Gasteiger partial charge on any atom is -0.339 e. The van der Waals surface area contributed by atoms with Gasteiger partial charge in [-0.15, -0.1) is 0 Å². The van der Waals surface area contributed by atoms with Gasteiger partial charge in [-0.1, -0.05) is 6.07 Å². The van der Waals surface area contributed by atoms with Crippen LogP contribution in [0.2, 0.25) is 0 Å². The molecule has 0 bridgehead atoms. The SMILES string of the molecule is CC(C)n1nc(C#N)c2c1C(=O)CC1(CCN(C(=O)c3ccc4c(c3)C=NC4)CC1)C2. The molecule has 1 amide bonds. The Labute approximate surface area is 181 Å². The summed E-state index contributed by atoms with van der Waals surface area (Å²) in [6.45, 7) is 5.87. The fourth-order valence-electron chi connectivity index (χ4n) is 5.21. The van der Waals surface area contributed by atoms with Gasteiger partial charge in [-0.3, -0.25) is 19.3 Å². The van der Waals surface area contributed by atoms with E-state index in [-0.39, 0.29) is 23.1 Å². The number of benzene rings is 1. The summed E-state index contributed by atoms with van der Waals surface area (Å²) in [5.74, 6) is 0.104. The second-order valence-electron chi connectivity index (χ2n) is 9.28. The number of piperidine rings is 1. The molecule has 1 saturated heterocycles. The Morgan fingerprint density at radius 1 is 1.23 bits per heavy atom. The fraction of sp³-hybridized carbons (Fsp3) is 0.458. The standard InChI is InChI=1S/C24H25N5O2/c1-15(2)29-22-19(20(12-25)27-29)10-24(11-21(22)30)5-7-28(8-6-24)23(31)16-3-4-17-13-26-14-18(17)9-16/h3-4,9,14-15H,5-8,10-11,13H2,1-2H3. The van der Waals surface area contributed by atoms with E-state index in [1.54, 1.807) is 4.68 Å². The highest BCUT2D eigenvalue weighted by atomic mass is 16.2. The Hall–Kier alpha value is -3.27. The third kappa shape index (κ3) is 3.18. The number of Topliss-reactive ketones (excluding diaryl/α,β-unsaturated/α-hetero) is 1. The molecule has 3 heterocycles. The van der Waals surface area contributed by atoms with Gasteiger partial charge in [0, 0.05) is 42.9 Å². The Bertz CT molecular complexity index is 1160. The van der Waals surface area contributed by atoms with Crippen molar-refractivity contribution in [2.75, 3.05) is 13.1 Å². The Kier molecular flexibility index (Phi) is 4.54. The number of hydrogen-bond donors (Lipinski definition) is 0. The van der Waals surface area contributed by atoms with Crippen LogP contribution in [-0.4, -0.2) is 45.7 Å². The molecule has 2 aliphatic heterocycles. The van der Waals surface area contributed by atoms with Crippen LogP contribution in [0.3, 0.4) is 0 Å². The van der Waals surface area contributed by atoms with Crippen LogP contribution in [0.1, 0.15) is 82.4 Å². The quantitative estimate of drug-likeness (QED) is 0.752. The predicted octanol–water partition coefficient (Wildman–Crippen LogP) is 3.32. The molecule has 31 heavy (non-hydrogen) atoms. The summed E-state index contributed by atoms with van der Waals surface area (Å²) in [6, 6.07) is 8.01. The zero-order valence-corrected chi connectivity index (χ0v) is 17.9. The third-order valence-electron chi connectivity index (χ3n) is 6.95. The first kappa shape index (κ1) is 19.7. The van der Waals surface area contributed by atoms with Gasteiger partial charge in [0.1, 0.15) is 11.8 Å². The number of rotatable bonds is 2. The van der Waals surface area contributed by atoms with Gasteiger partial charge in [-0.2, -0.15) is 10.4 Å². The summed E-state index contributed by atoms with van der Waals surface area (Å²) in [6.07, 6.45) is 4.48. The number of ketones is 1. The average molecular weight is 415 g/mol. The van der Waals surface area contributed by atoms with Gasteiger partial charge in [0.05, 0.1) is 6.54 Å². The van der Waals surface area contributed by atoms with Crippen molar-refractivity contribution in [1.82, 2.24) is 14.7 Å². The number of aliphatic imine (C=N–C) groups is 1. The number of carbonyl (C=O) groups excluding carboxylic acids is 2. The first-order valence-electron chi connectivity index (χ1n) is 10.9. The molecule has 7 heteroatoms. The minimum absolute atomic E-state index is 0.0330. The van der Waals surface area contributed by atoms with E-state index in [1.165, 1.54) is 0 Å². The molecule has 0 radical (unpaired) electrons. The monoisotopic (exact) mass is 415 g/mol. The van der Waals surface area contributed by atoms with Gasteiger partial charge in [0.2, 0.25) is 0 Å². The van der Waals surface area contributed by atoms with Crippen LogP contribution in [0.15, 0.2) is 23.2 Å². The summed E-state index contributed by atoms with van der Waals surface area (Å²) < 4.78 is 1.71. The normalized spacial score (nSPS) is 18.9. The van der Waals surface area contributed by atoms with E-state index >= 15 is 0 Å². The van der Waals surface area contributed by atoms with Crippen molar-refractivity contribution >= 4 is 17.9 Å². The maximum atomic E-state index is 13.1. The van der Waals surface area contributed by atoms with Crippen LogP contribution in [0, 0.1) is 16.7 Å². The molecule has 0 unspecified atom stereocenters. The molecule has 1 aromatic carbocycles. The first-order chi connectivity index (χ1) is 14.9. The highest BCUT2D eigenvalue weighted by molar-refractivity contribution is 5.99. The largest absolute Gasteiger partial charge is 0.339 e. The number of hydrogen-bond acceptors (Lipinski definition) is 5. The summed E-state index contributed by atoms with van der Waals surface area (Å²) in [7, 11) is 0. The van der Waals surface area contributed by atoms with Crippen LogP contribution in [0.25, 0.3) is 0 Å². The molecule has 158 valence electrons. The maximum absolute atomic E-state index is 13.1. The zero-order valence-electron chi connectivity index (χ0n) is 17.9. The molecular formula is C24H25N5O2. The van der Waals surface area contributed by atoms with Crippen LogP contribution in [-0.2, 0) is 13.0 Å². The fourth-order valence-corrected chi connectivity index (χ4v) is 5.21. The van der Waals surface area contributed by atoms with Crippen molar-refractivity contribution in [2.24, 2.45) is 10.4 Å². The molecule has 1 spiro atoms. The van der Waals surface area contributed by atoms with Gasteiger partial charge in [0.15, 0.2) is 11.5 Å². The molecule has 1 fully saturated rings. The number of amides is 1. The highest BCUT2D eigenvalue weighted by Crippen LogP contribution is 2.45. The van der Waals surface area contributed by atoms with E-state index in [0.29, 0.717) is 49.4 Å². The Balaban J connectivity index is 1.35. The number of aromatic nitrogens is 2. The van der Waals surface area contributed by atoms with Crippen LogP contribution in [0.4, 0.5) is 0 Å². The molecule has 0 atom stereocenters. The first-order valence-corrected chi connectivity index (χ1v) is 10.9. The van der Waals surface area contributed by atoms with Crippen molar-refractivity contribution in [3.05, 3.63) is 51.8 Å².